The molecule has 0 aromatic carbocycles. The second kappa shape index (κ2) is 5.57. The van der Waals surface area contributed by atoms with Gasteiger partial charge < -0.3 is 14.4 Å². The van der Waals surface area contributed by atoms with Crippen LogP contribution in [0.1, 0.15) is 33.1 Å². The van der Waals surface area contributed by atoms with Crippen LogP contribution in [0.25, 0.3) is 0 Å². The quantitative estimate of drug-likeness (QED) is 0.750. The normalized spacial score (nSPS) is 25.8. The highest BCUT2D eigenvalue weighted by molar-refractivity contribution is 5.77. The smallest absolute Gasteiger partial charge is 0.222 e. The number of carbonyl (C=O) groups is 1. The van der Waals surface area contributed by atoms with Crippen molar-refractivity contribution >= 4 is 5.91 Å². The van der Waals surface area contributed by atoms with E-state index < -0.39 is 0 Å². The van der Waals surface area contributed by atoms with Gasteiger partial charge in [0.05, 0.1) is 19.7 Å². The average molecular weight is 255 g/mol. The first kappa shape index (κ1) is 13.8. The van der Waals surface area contributed by atoms with Gasteiger partial charge in [-0.25, -0.2) is 0 Å². The largest absolute Gasteiger partial charge is 0.384 e. The first-order chi connectivity index (χ1) is 8.57. The van der Waals surface area contributed by atoms with E-state index in [1.54, 1.807) is 7.11 Å². The molecule has 0 unspecified atom stereocenters. The summed E-state index contributed by atoms with van der Waals surface area (Å²) in [5, 5.41) is 0. The van der Waals surface area contributed by atoms with Crippen LogP contribution in [-0.4, -0.2) is 49.8 Å². The summed E-state index contributed by atoms with van der Waals surface area (Å²) < 4.78 is 11.1. The first-order valence-electron chi connectivity index (χ1n) is 6.98. The molecule has 0 aromatic heterocycles. The number of carbonyl (C=O) groups excluding carboxylic acids is 1. The number of amides is 1. The Hall–Kier alpha value is -0.610. The van der Waals surface area contributed by atoms with Crippen LogP contribution in [0.2, 0.25) is 0 Å². The van der Waals surface area contributed by atoms with Crippen LogP contribution >= 0.6 is 0 Å². The van der Waals surface area contributed by atoms with Crippen molar-refractivity contribution in [3.05, 3.63) is 0 Å². The lowest BCUT2D eigenvalue weighted by Crippen LogP contribution is -2.66. The molecule has 1 spiro atoms. The van der Waals surface area contributed by atoms with Gasteiger partial charge in [0, 0.05) is 26.1 Å². The lowest BCUT2D eigenvalue weighted by Gasteiger charge is -2.50. The van der Waals surface area contributed by atoms with E-state index in [9.17, 15) is 4.79 Å². The number of hydrogen-bond acceptors (Lipinski definition) is 3. The van der Waals surface area contributed by atoms with Crippen molar-refractivity contribution in [3.8, 4) is 0 Å². The summed E-state index contributed by atoms with van der Waals surface area (Å²) in [6, 6.07) is 0. The molecular weight excluding hydrogens is 230 g/mol. The van der Waals surface area contributed by atoms with Crippen molar-refractivity contribution in [3.63, 3.8) is 0 Å². The van der Waals surface area contributed by atoms with Crippen LogP contribution in [0.5, 0.6) is 0 Å². The molecule has 0 bridgehead atoms. The Morgan fingerprint density at radius 3 is 2.83 bits per heavy atom. The van der Waals surface area contributed by atoms with Crippen LogP contribution in [0.15, 0.2) is 0 Å². The molecule has 1 amide bonds. The van der Waals surface area contributed by atoms with Gasteiger partial charge in [-0.15, -0.1) is 0 Å². The fourth-order valence-corrected chi connectivity index (χ4v) is 2.92. The lowest BCUT2D eigenvalue weighted by atomic mass is 9.81. The molecule has 0 N–H and O–H groups in total. The van der Waals surface area contributed by atoms with Gasteiger partial charge in [-0.2, -0.15) is 0 Å². The molecule has 1 atom stereocenters. The molecule has 0 radical (unpaired) electrons. The minimum atomic E-state index is -0.0937. The van der Waals surface area contributed by atoms with E-state index in [1.165, 1.54) is 0 Å². The van der Waals surface area contributed by atoms with Crippen molar-refractivity contribution in [1.29, 1.82) is 0 Å². The monoisotopic (exact) mass is 255 g/mol. The zero-order valence-corrected chi connectivity index (χ0v) is 11.8. The summed E-state index contributed by atoms with van der Waals surface area (Å²) in [6.07, 6.45) is 2.70. The number of likely N-dealkylation sites (tertiary alicyclic amines) is 1. The van der Waals surface area contributed by atoms with Crippen molar-refractivity contribution in [2.45, 2.75) is 38.7 Å². The highest BCUT2D eigenvalue weighted by Crippen LogP contribution is 2.40. The van der Waals surface area contributed by atoms with E-state index in [4.69, 9.17) is 9.47 Å². The Labute approximate surface area is 110 Å². The molecule has 2 fully saturated rings. The third kappa shape index (κ3) is 2.69. The molecule has 0 aromatic rings. The van der Waals surface area contributed by atoms with Gasteiger partial charge in [-0.05, 0) is 18.8 Å². The van der Waals surface area contributed by atoms with Crippen molar-refractivity contribution in [2.75, 3.05) is 33.4 Å². The van der Waals surface area contributed by atoms with E-state index in [0.29, 0.717) is 18.3 Å². The summed E-state index contributed by atoms with van der Waals surface area (Å²) in [6.45, 7) is 7.38. The molecule has 4 nitrogen and oxygen atoms in total. The number of nitrogens with zero attached hydrogens (tertiary/aromatic N) is 1. The van der Waals surface area contributed by atoms with Crippen LogP contribution in [-0.2, 0) is 14.3 Å². The summed E-state index contributed by atoms with van der Waals surface area (Å²) in [7, 11) is 1.73. The fourth-order valence-electron chi connectivity index (χ4n) is 2.92. The minimum Gasteiger partial charge on any atom is -0.384 e. The molecule has 2 saturated heterocycles. The van der Waals surface area contributed by atoms with Gasteiger partial charge in [0.25, 0.3) is 0 Å². The van der Waals surface area contributed by atoms with Crippen molar-refractivity contribution < 1.29 is 14.3 Å². The molecule has 2 heterocycles. The van der Waals surface area contributed by atoms with Gasteiger partial charge in [-0.3, -0.25) is 4.79 Å². The fraction of sp³-hybridized carbons (Fsp3) is 0.929. The predicted molar refractivity (Wildman–Crippen MR) is 69.3 cm³/mol. The van der Waals surface area contributed by atoms with Gasteiger partial charge in [-0.1, -0.05) is 13.8 Å². The van der Waals surface area contributed by atoms with Gasteiger partial charge in [0.2, 0.25) is 5.91 Å². The summed E-state index contributed by atoms with van der Waals surface area (Å²) in [5.74, 6) is 1.32. The topological polar surface area (TPSA) is 38.8 Å². The maximum atomic E-state index is 12.0. The van der Waals surface area contributed by atoms with Crippen LogP contribution in [0.4, 0.5) is 0 Å². The van der Waals surface area contributed by atoms with Crippen LogP contribution in [0.3, 0.4) is 0 Å². The standard InChI is InChI=1S/C14H25NO3/c1-11(2)4-5-13(16)15-9-14(10-15)12(8-17-3)6-7-18-14/h11-12H,4-10H2,1-3H3/t12-/m0/s1. The van der Waals surface area contributed by atoms with Crippen molar-refractivity contribution in [1.82, 2.24) is 4.90 Å². The molecule has 0 saturated carbocycles. The number of hydrogen-bond donors (Lipinski definition) is 0. The van der Waals surface area contributed by atoms with E-state index in [0.717, 1.165) is 39.1 Å². The zero-order valence-electron chi connectivity index (χ0n) is 11.8. The third-order valence-electron chi connectivity index (χ3n) is 4.17. The van der Waals surface area contributed by atoms with Gasteiger partial charge in [0.1, 0.15) is 5.60 Å². The van der Waals surface area contributed by atoms with Gasteiger partial charge in [0.15, 0.2) is 0 Å². The second-order valence-electron chi connectivity index (χ2n) is 6.04. The van der Waals surface area contributed by atoms with Crippen LogP contribution in [0, 0.1) is 11.8 Å². The molecule has 104 valence electrons. The zero-order chi connectivity index (χ0) is 13.2. The van der Waals surface area contributed by atoms with E-state index in [2.05, 4.69) is 13.8 Å². The Kier molecular flexibility index (Phi) is 4.28. The van der Waals surface area contributed by atoms with Crippen molar-refractivity contribution in [2.24, 2.45) is 11.8 Å². The van der Waals surface area contributed by atoms with Gasteiger partial charge >= 0.3 is 0 Å². The van der Waals surface area contributed by atoms with Crippen LogP contribution < -0.4 is 0 Å². The molecule has 0 aliphatic carbocycles. The maximum absolute atomic E-state index is 12.0. The predicted octanol–water partition coefficient (Wildman–Crippen LogP) is 1.69. The third-order valence-corrected chi connectivity index (χ3v) is 4.17. The number of ether oxygens (including phenoxy) is 2. The molecule has 2 aliphatic rings. The summed E-state index contributed by atoms with van der Waals surface area (Å²) in [4.78, 5) is 13.9. The molecule has 4 heteroatoms. The number of methoxy groups -OCH3 is 1. The maximum Gasteiger partial charge on any atom is 0.222 e. The summed E-state index contributed by atoms with van der Waals surface area (Å²) >= 11 is 0. The minimum absolute atomic E-state index is 0.0937. The molecule has 18 heavy (non-hydrogen) atoms. The SMILES string of the molecule is COC[C@@H]1CCOC12CN(C(=O)CCC(C)C)C2. The van der Waals surface area contributed by atoms with E-state index >= 15 is 0 Å². The molecule has 2 rings (SSSR count). The summed E-state index contributed by atoms with van der Waals surface area (Å²) in [5.41, 5.74) is -0.0937. The molecular formula is C14H25NO3. The highest BCUT2D eigenvalue weighted by Gasteiger charge is 2.54. The second-order valence-corrected chi connectivity index (χ2v) is 6.04. The van der Waals surface area contributed by atoms with E-state index in [1.807, 2.05) is 4.90 Å². The van der Waals surface area contributed by atoms with E-state index in [-0.39, 0.29) is 11.5 Å². The Morgan fingerprint density at radius 2 is 2.22 bits per heavy atom. The highest BCUT2D eigenvalue weighted by atomic mass is 16.5. The Morgan fingerprint density at radius 1 is 1.50 bits per heavy atom. The Balaban J connectivity index is 1.80. The first-order valence-corrected chi connectivity index (χ1v) is 6.98. The molecule has 2 aliphatic heterocycles. The number of rotatable bonds is 5. The Bertz CT molecular complexity index is 297. The average Bonchev–Trinajstić information content (AvgIpc) is 2.68. The lowest BCUT2D eigenvalue weighted by molar-refractivity contribution is -0.168.